The quantitative estimate of drug-likeness (QED) is 0.601. The van der Waals surface area contributed by atoms with Gasteiger partial charge >= 0.3 is 0 Å². The number of hydrogen-bond donors (Lipinski definition) is 1. The van der Waals surface area contributed by atoms with E-state index in [0.717, 1.165) is 12.1 Å². The molecular formula is C16H13N3O7S. The van der Waals surface area contributed by atoms with Gasteiger partial charge in [0.05, 0.1) is 29.4 Å². The molecular weight excluding hydrogens is 378 g/mol. The smallest absolute Gasteiger partial charge is 0.273 e. The highest BCUT2D eigenvalue weighted by Crippen LogP contribution is 2.31. The van der Waals surface area contributed by atoms with Gasteiger partial charge in [-0.05, 0) is 18.2 Å². The predicted octanol–water partition coefficient (Wildman–Crippen LogP) is 1.39. The van der Waals surface area contributed by atoms with E-state index in [9.17, 15) is 28.1 Å². The molecule has 1 heterocycles. The number of nitro groups is 1. The van der Waals surface area contributed by atoms with Crippen molar-refractivity contribution in [2.24, 2.45) is 0 Å². The number of carbonyl (C=O) groups excluding carboxylic acids is 2. The first-order valence-electron chi connectivity index (χ1n) is 7.54. The lowest BCUT2D eigenvalue weighted by molar-refractivity contribution is -0.384. The summed E-state index contributed by atoms with van der Waals surface area (Å²) in [7, 11) is -2.85. The Balaban J connectivity index is 1.81. The van der Waals surface area contributed by atoms with Gasteiger partial charge in [-0.15, -0.1) is 0 Å². The van der Waals surface area contributed by atoms with Crippen LogP contribution in [0.2, 0.25) is 0 Å². The third kappa shape index (κ3) is 3.19. The van der Waals surface area contributed by atoms with E-state index in [1.54, 1.807) is 0 Å². The van der Waals surface area contributed by atoms with Crippen LogP contribution in [0.25, 0.3) is 0 Å². The molecule has 0 aromatic heterocycles. The van der Waals surface area contributed by atoms with Crippen molar-refractivity contribution in [3.63, 3.8) is 0 Å². The Labute approximate surface area is 153 Å². The first kappa shape index (κ1) is 18.3. The van der Waals surface area contributed by atoms with E-state index in [-0.39, 0.29) is 27.6 Å². The number of amides is 2. The summed E-state index contributed by atoms with van der Waals surface area (Å²) in [5, 5.41) is 13.2. The average molecular weight is 391 g/mol. The molecule has 10 nitrogen and oxygen atoms in total. The van der Waals surface area contributed by atoms with Crippen LogP contribution in [0, 0.1) is 10.1 Å². The molecule has 0 atom stereocenters. The minimum Gasteiger partial charge on any atom is -0.494 e. The molecule has 140 valence electrons. The summed E-state index contributed by atoms with van der Waals surface area (Å²) in [6.07, 6.45) is 0. The number of methoxy groups -OCH3 is 1. The first-order chi connectivity index (χ1) is 12.8. The molecule has 0 saturated heterocycles. The monoisotopic (exact) mass is 391 g/mol. The van der Waals surface area contributed by atoms with Gasteiger partial charge in [-0.2, -0.15) is 0 Å². The van der Waals surface area contributed by atoms with Gasteiger partial charge in [0.25, 0.3) is 21.6 Å². The minimum absolute atomic E-state index is 0.00165. The highest BCUT2D eigenvalue weighted by Gasteiger charge is 2.41. The summed E-state index contributed by atoms with van der Waals surface area (Å²) in [5.41, 5.74) is -0.134. The van der Waals surface area contributed by atoms with Gasteiger partial charge in [0, 0.05) is 6.07 Å². The molecule has 0 radical (unpaired) electrons. The van der Waals surface area contributed by atoms with Crippen molar-refractivity contribution in [3.8, 4) is 5.75 Å². The van der Waals surface area contributed by atoms with Crippen molar-refractivity contribution >= 4 is 33.2 Å². The number of nitrogens with one attached hydrogen (secondary N) is 1. The van der Waals surface area contributed by atoms with Crippen molar-refractivity contribution in [2.45, 2.75) is 4.90 Å². The molecule has 0 aliphatic carbocycles. The maximum Gasteiger partial charge on any atom is 0.273 e. The van der Waals surface area contributed by atoms with Crippen LogP contribution in [0.15, 0.2) is 47.4 Å². The zero-order chi connectivity index (χ0) is 19.8. The molecule has 0 fully saturated rings. The SMILES string of the molecule is COc1cc([N+](=O)[O-])ccc1NC(=O)CN1C(=O)c2ccccc2S1(=O)=O. The molecule has 2 amide bonds. The Morgan fingerprint density at radius 1 is 1.26 bits per heavy atom. The zero-order valence-electron chi connectivity index (χ0n) is 13.9. The second-order valence-corrected chi connectivity index (χ2v) is 7.33. The van der Waals surface area contributed by atoms with Gasteiger partial charge in [0.15, 0.2) is 0 Å². The number of hydrogen-bond acceptors (Lipinski definition) is 7. The van der Waals surface area contributed by atoms with Crippen molar-refractivity contribution in [1.82, 2.24) is 4.31 Å². The van der Waals surface area contributed by atoms with E-state index in [4.69, 9.17) is 4.74 Å². The summed E-state index contributed by atoms with van der Waals surface area (Å²) < 4.78 is 30.4. The maximum atomic E-state index is 12.5. The third-order valence-corrected chi connectivity index (χ3v) is 5.66. The molecule has 2 aromatic rings. The summed E-state index contributed by atoms with van der Waals surface area (Å²) in [4.78, 5) is 34.6. The fourth-order valence-corrected chi connectivity index (χ4v) is 4.13. The Kier molecular flexibility index (Phi) is 4.54. The molecule has 0 bridgehead atoms. The van der Waals surface area contributed by atoms with Crippen molar-refractivity contribution < 1.29 is 27.7 Å². The molecule has 2 aromatic carbocycles. The second kappa shape index (κ2) is 6.68. The molecule has 0 unspecified atom stereocenters. The molecule has 27 heavy (non-hydrogen) atoms. The summed E-state index contributed by atoms with van der Waals surface area (Å²) in [6, 6.07) is 9.19. The number of ether oxygens (including phenoxy) is 1. The van der Waals surface area contributed by atoms with E-state index in [1.165, 1.54) is 37.4 Å². The largest absolute Gasteiger partial charge is 0.494 e. The molecule has 11 heteroatoms. The van der Waals surface area contributed by atoms with Gasteiger partial charge < -0.3 is 10.1 Å². The van der Waals surface area contributed by atoms with Crippen LogP contribution in [0.1, 0.15) is 10.4 Å². The number of rotatable bonds is 5. The lowest BCUT2D eigenvalue weighted by atomic mass is 10.2. The number of anilines is 1. The summed E-state index contributed by atoms with van der Waals surface area (Å²) >= 11 is 0. The zero-order valence-corrected chi connectivity index (χ0v) is 14.7. The Bertz CT molecular complexity index is 1070. The van der Waals surface area contributed by atoms with Crippen LogP contribution >= 0.6 is 0 Å². The number of nitrogens with zero attached hydrogens (tertiary/aromatic N) is 2. The Morgan fingerprint density at radius 3 is 2.59 bits per heavy atom. The van der Waals surface area contributed by atoms with Gasteiger partial charge in [-0.1, -0.05) is 12.1 Å². The highest BCUT2D eigenvalue weighted by molar-refractivity contribution is 7.90. The highest BCUT2D eigenvalue weighted by atomic mass is 32.2. The van der Waals surface area contributed by atoms with E-state index >= 15 is 0 Å². The van der Waals surface area contributed by atoms with Crippen LogP contribution in [0.3, 0.4) is 0 Å². The van der Waals surface area contributed by atoms with Crippen LogP contribution in [-0.4, -0.2) is 43.1 Å². The Hall–Kier alpha value is -3.47. The summed E-state index contributed by atoms with van der Waals surface area (Å²) in [6.45, 7) is -0.740. The lowest BCUT2D eigenvalue weighted by Gasteiger charge is -2.15. The van der Waals surface area contributed by atoms with Gasteiger partial charge in [-0.25, -0.2) is 12.7 Å². The van der Waals surface area contributed by atoms with Crippen LogP contribution in [0.5, 0.6) is 5.75 Å². The fraction of sp³-hybridized carbons (Fsp3) is 0.125. The third-order valence-electron chi connectivity index (χ3n) is 3.87. The number of fused-ring (bicyclic) bond motifs is 1. The number of carbonyl (C=O) groups is 2. The van der Waals surface area contributed by atoms with E-state index in [2.05, 4.69) is 5.32 Å². The van der Waals surface area contributed by atoms with E-state index in [0.29, 0.717) is 4.31 Å². The molecule has 1 N–H and O–H groups in total. The number of non-ortho nitro benzene ring substituents is 1. The van der Waals surface area contributed by atoms with Gasteiger partial charge in [0.2, 0.25) is 5.91 Å². The van der Waals surface area contributed by atoms with Gasteiger partial charge in [-0.3, -0.25) is 19.7 Å². The van der Waals surface area contributed by atoms with Crippen LogP contribution in [0.4, 0.5) is 11.4 Å². The molecule has 0 spiro atoms. The van der Waals surface area contributed by atoms with Gasteiger partial charge in [0.1, 0.15) is 17.2 Å². The number of nitro benzene ring substituents is 1. The van der Waals surface area contributed by atoms with Crippen molar-refractivity contribution in [1.29, 1.82) is 0 Å². The predicted molar refractivity (Wildman–Crippen MR) is 92.9 cm³/mol. The van der Waals surface area contributed by atoms with Crippen LogP contribution in [-0.2, 0) is 14.8 Å². The van der Waals surface area contributed by atoms with E-state index < -0.39 is 33.3 Å². The second-order valence-electron chi connectivity index (χ2n) is 5.50. The first-order valence-corrected chi connectivity index (χ1v) is 8.98. The maximum absolute atomic E-state index is 12.5. The van der Waals surface area contributed by atoms with Crippen LogP contribution < -0.4 is 10.1 Å². The Morgan fingerprint density at radius 2 is 1.96 bits per heavy atom. The fourth-order valence-electron chi connectivity index (χ4n) is 2.60. The average Bonchev–Trinajstić information content (AvgIpc) is 2.83. The minimum atomic E-state index is -4.11. The molecule has 1 aliphatic rings. The normalized spacial score (nSPS) is 14.6. The topological polar surface area (TPSA) is 136 Å². The van der Waals surface area contributed by atoms with Crippen molar-refractivity contribution in [3.05, 3.63) is 58.1 Å². The molecule has 1 aliphatic heterocycles. The molecule has 0 saturated carbocycles. The van der Waals surface area contributed by atoms with Crippen molar-refractivity contribution in [2.75, 3.05) is 19.0 Å². The summed E-state index contributed by atoms with van der Waals surface area (Å²) in [5.74, 6) is -1.57. The lowest BCUT2D eigenvalue weighted by Crippen LogP contribution is -2.37. The number of sulfonamides is 1. The van der Waals surface area contributed by atoms with E-state index in [1.807, 2.05) is 0 Å². The standard InChI is InChI=1S/C16H13N3O7S/c1-26-13-8-10(19(22)23)6-7-12(13)17-15(20)9-18-16(21)11-4-2-3-5-14(11)27(18,24)25/h2-8H,9H2,1H3,(H,17,20). The number of benzene rings is 2. The molecule has 3 rings (SSSR count).